The first-order chi connectivity index (χ1) is 16.8. The Bertz CT molecular complexity index is 1270. The molecular weight excluding hydrogens is 503 g/mol. The fraction of sp³-hybridized carbons (Fsp3) is 0.227. The highest BCUT2D eigenvalue weighted by atomic mass is 19.4. The van der Waals surface area contributed by atoms with E-state index in [1.807, 2.05) is 0 Å². The molecule has 2 aromatic heterocycles. The number of nitrogens with zero attached hydrogens (tertiary/aromatic N) is 2. The minimum absolute atomic E-state index is 0.0777. The summed E-state index contributed by atoms with van der Waals surface area (Å²) in [6.45, 7) is -2.38. The zero-order valence-corrected chi connectivity index (χ0v) is 18.0. The Balaban J connectivity index is 1.78. The van der Waals surface area contributed by atoms with Gasteiger partial charge in [0.1, 0.15) is 17.1 Å². The van der Waals surface area contributed by atoms with Gasteiger partial charge in [-0.25, -0.2) is 9.37 Å². The number of amides is 1. The van der Waals surface area contributed by atoms with Crippen molar-refractivity contribution >= 4 is 11.6 Å². The lowest BCUT2D eigenvalue weighted by Gasteiger charge is -2.15. The maximum atomic E-state index is 13.6. The van der Waals surface area contributed by atoms with E-state index < -0.39 is 60.6 Å². The van der Waals surface area contributed by atoms with Crippen LogP contribution in [0.4, 0.5) is 36.4 Å². The van der Waals surface area contributed by atoms with Crippen LogP contribution in [-0.4, -0.2) is 41.0 Å². The minimum atomic E-state index is -4.72. The van der Waals surface area contributed by atoms with Crippen LogP contribution in [0.2, 0.25) is 0 Å². The Labute approximate surface area is 198 Å². The van der Waals surface area contributed by atoms with Gasteiger partial charge in [-0.3, -0.25) is 14.2 Å². The molecule has 3 aromatic rings. The molecule has 2 heterocycles. The molecular formula is C22H16F7N3O4. The second-order valence-electron chi connectivity index (χ2n) is 7.17. The third-order valence-corrected chi connectivity index (χ3v) is 4.39. The molecule has 192 valence electrons. The number of carbonyl (C=O) groups is 1. The molecule has 7 nitrogen and oxygen atoms in total. The molecule has 0 saturated heterocycles. The van der Waals surface area contributed by atoms with Crippen molar-refractivity contribution in [1.29, 1.82) is 0 Å². The zero-order valence-electron chi connectivity index (χ0n) is 18.0. The predicted molar refractivity (Wildman–Crippen MR) is 112 cm³/mol. The summed E-state index contributed by atoms with van der Waals surface area (Å²) < 4.78 is 98.2. The number of alkyl halides is 6. The summed E-state index contributed by atoms with van der Waals surface area (Å²) in [6, 6.07) is 7.49. The third kappa shape index (κ3) is 7.45. The average Bonchev–Trinajstić information content (AvgIpc) is 2.78. The summed E-state index contributed by atoms with van der Waals surface area (Å²) in [5.74, 6) is -2.52. The van der Waals surface area contributed by atoms with Gasteiger partial charge in [0.25, 0.3) is 11.5 Å². The van der Waals surface area contributed by atoms with E-state index in [9.17, 15) is 40.3 Å². The van der Waals surface area contributed by atoms with Gasteiger partial charge in [0.15, 0.2) is 6.61 Å². The van der Waals surface area contributed by atoms with Crippen LogP contribution < -0.4 is 20.3 Å². The number of hydrogen-bond donors (Lipinski definition) is 1. The van der Waals surface area contributed by atoms with E-state index >= 15 is 0 Å². The van der Waals surface area contributed by atoms with Gasteiger partial charge in [-0.05, 0) is 30.3 Å². The number of anilines is 1. The van der Waals surface area contributed by atoms with Gasteiger partial charge in [-0.1, -0.05) is 0 Å². The number of nitrogens with one attached hydrogen (secondary N) is 1. The van der Waals surface area contributed by atoms with Crippen molar-refractivity contribution in [1.82, 2.24) is 9.55 Å². The first kappa shape index (κ1) is 26.5. The lowest BCUT2D eigenvalue weighted by atomic mass is 10.2. The molecule has 0 saturated carbocycles. The number of hydrogen-bond acceptors (Lipinski definition) is 5. The quantitative estimate of drug-likeness (QED) is 0.429. The molecule has 0 atom stereocenters. The van der Waals surface area contributed by atoms with E-state index in [1.165, 1.54) is 18.2 Å². The molecule has 3 rings (SSSR count). The van der Waals surface area contributed by atoms with Crippen LogP contribution in [0.15, 0.2) is 59.7 Å². The number of pyridine rings is 2. The number of halogens is 7. The molecule has 0 spiro atoms. The van der Waals surface area contributed by atoms with Crippen LogP contribution in [0.25, 0.3) is 5.69 Å². The second kappa shape index (κ2) is 10.7. The van der Waals surface area contributed by atoms with E-state index in [-0.39, 0.29) is 17.3 Å². The van der Waals surface area contributed by atoms with Gasteiger partial charge in [-0.2, -0.15) is 26.3 Å². The van der Waals surface area contributed by atoms with Crippen molar-refractivity contribution in [3.8, 4) is 17.3 Å². The summed E-state index contributed by atoms with van der Waals surface area (Å²) in [6.07, 6.45) is -8.05. The Morgan fingerprint density at radius 1 is 1.00 bits per heavy atom. The van der Waals surface area contributed by atoms with Crippen molar-refractivity contribution in [3.63, 3.8) is 0 Å². The topological polar surface area (TPSA) is 82.4 Å². The Kier molecular flexibility index (Phi) is 7.85. The van der Waals surface area contributed by atoms with E-state index in [0.717, 1.165) is 35.2 Å². The van der Waals surface area contributed by atoms with Crippen molar-refractivity contribution in [2.75, 3.05) is 18.5 Å². The average molecular weight is 519 g/mol. The van der Waals surface area contributed by atoms with E-state index in [4.69, 9.17) is 4.74 Å². The first-order valence-corrected chi connectivity index (χ1v) is 10.0. The molecule has 36 heavy (non-hydrogen) atoms. The van der Waals surface area contributed by atoms with Crippen LogP contribution >= 0.6 is 0 Å². The standard InChI is InChI=1S/C22H16F7N3O4/c23-13-3-5-16(17(10-13)36-12-22(27,28)29)32-8-1-2-15(20(32)34)19(33)31-14-4-6-18(30-11-14)35-9-7-21(24,25)26/h1-6,8,10-11H,7,9,12H2,(H,31,33). The fourth-order valence-electron chi connectivity index (χ4n) is 2.83. The maximum absolute atomic E-state index is 13.6. The van der Waals surface area contributed by atoms with Crippen LogP contribution in [-0.2, 0) is 0 Å². The molecule has 1 aromatic carbocycles. The largest absolute Gasteiger partial charge is 0.482 e. The molecule has 0 unspecified atom stereocenters. The smallest absolute Gasteiger partial charge is 0.422 e. The Morgan fingerprint density at radius 3 is 2.39 bits per heavy atom. The number of rotatable bonds is 8. The fourth-order valence-corrected chi connectivity index (χ4v) is 2.83. The van der Waals surface area contributed by atoms with Gasteiger partial charge in [-0.15, -0.1) is 0 Å². The molecule has 0 radical (unpaired) electrons. The second-order valence-corrected chi connectivity index (χ2v) is 7.17. The highest BCUT2D eigenvalue weighted by molar-refractivity contribution is 6.03. The minimum Gasteiger partial charge on any atom is -0.482 e. The summed E-state index contributed by atoms with van der Waals surface area (Å²) >= 11 is 0. The molecule has 1 N–H and O–H groups in total. The van der Waals surface area contributed by atoms with Crippen LogP contribution in [0.5, 0.6) is 11.6 Å². The molecule has 0 bridgehead atoms. The van der Waals surface area contributed by atoms with Gasteiger partial charge in [0.2, 0.25) is 5.88 Å². The lowest BCUT2D eigenvalue weighted by molar-refractivity contribution is -0.153. The number of carbonyl (C=O) groups excluding carboxylic acids is 1. The van der Waals surface area contributed by atoms with Gasteiger partial charge in [0, 0.05) is 18.3 Å². The van der Waals surface area contributed by atoms with E-state index in [0.29, 0.717) is 6.07 Å². The van der Waals surface area contributed by atoms with Crippen LogP contribution in [0.1, 0.15) is 16.8 Å². The maximum Gasteiger partial charge on any atom is 0.422 e. The van der Waals surface area contributed by atoms with Gasteiger partial charge >= 0.3 is 12.4 Å². The Hall–Kier alpha value is -4.10. The molecule has 0 aliphatic rings. The predicted octanol–water partition coefficient (Wildman–Crippen LogP) is 4.90. The van der Waals surface area contributed by atoms with Crippen LogP contribution in [0, 0.1) is 5.82 Å². The monoisotopic (exact) mass is 519 g/mol. The zero-order chi connectivity index (χ0) is 26.5. The summed E-state index contributed by atoms with van der Waals surface area (Å²) in [5, 5.41) is 2.36. The van der Waals surface area contributed by atoms with Crippen molar-refractivity contribution in [2.24, 2.45) is 0 Å². The van der Waals surface area contributed by atoms with E-state index in [1.54, 1.807) is 0 Å². The lowest BCUT2D eigenvalue weighted by Crippen LogP contribution is -2.28. The van der Waals surface area contributed by atoms with Crippen molar-refractivity contribution < 1.29 is 45.0 Å². The highest BCUT2D eigenvalue weighted by Gasteiger charge is 2.29. The SMILES string of the molecule is O=C(Nc1ccc(OCCC(F)(F)F)nc1)c1cccn(-c2ccc(F)cc2OCC(F)(F)F)c1=O. The first-order valence-electron chi connectivity index (χ1n) is 10.0. The summed E-state index contributed by atoms with van der Waals surface area (Å²) in [4.78, 5) is 29.3. The number of aromatic nitrogens is 2. The molecule has 0 aliphatic carbocycles. The normalized spacial score (nSPS) is 11.8. The molecule has 1 amide bonds. The van der Waals surface area contributed by atoms with E-state index in [2.05, 4.69) is 15.0 Å². The molecule has 14 heteroatoms. The molecule has 0 fully saturated rings. The summed E-state index contributed by atoms with van der Waals surface area (Å²) in [5.41, 5.74) is -1.52. The summed E-state index contributed by atoms with van der Waals surface area (Å²) in [7, 11) is 0. The third-order valence-electron chi connectivity index (χ3n) is 4.39. The Morgan fingerprint density at radius 2 is 1.75 bits per heavy atom. The molecule has 0 aliphatic heterocycles. The van der Waals surface area contributed by atoms with Gasteiger partial charge in [0.05, 0.1) is 30.6 Å². The van der Waals surface area contributed by atoms with Crippen molar-refractivity contribution in [3.05, 3.63) is 76.6 Å². The number of ether oxygens (including phenoxy) is 2. The van der Waals surface area contributed by atoms with Gasteiger partial charge < -0.3 is 14.8 Å². The number of benzene rings is 1. The highest BCUT2D eigenvalue weighted by Crippen LogP contribution is 2.26. The van der Waals surface area contributed by atoms with Crippen molar-refractivity contribution in [2.45, 2.75) is 18.8 Å². The van der Waals surface area contributed by atoms with Crippen LogP contribution in [0.3, 0.4) is 0 Å².